The molecule has 0 aromatic carbocycles. The zero-order chi connectivity index (χ0) is 25.7. The van der Waals surface area contributed by atoms with Crippen molar-refractivity contribution in [3.05, 3.63) is 33.1 Å². The summed E-state index contributed by atoms with van der Waals surface area (Å²) in [4.78, 5) is 37.9. The second-order valence-corrected chi connectivity index (χ2v) is 11.0. The number of aromatic amines is 1. The predicted molar refractivity (Wildman–Crippen MR) is 116 cm³/mol. The zero-order valence-corrected chi connectivity index (χ0v) is 20.7. The van der Waals surface area contributed by atoms with Crippen LogP contribution in [0.3, 0.4) is 0 Å². The highest BCUT2D eigenvalue weighted by atomic mass is 32.2. The van der Waals surface area contributed by atoms with Gasteiger partial charge >= 0.3 is 11.7 Å². The third kappa shape index (κ3) is 7.71. The number of H-pyrrole nitrogens is 1. The van der Waals surface area contributed by atoms with Crippen molar-refractivity contribution in [2.45, 2.75) is 50.7 Å². The number of nitrogens with one attached hydrogen (secondary N) is 1. The Labute approximate surface area is 196 Å². The molecule has 1 aromatic rings. The van der Waals surface area contributed by atoms with E-state index in [1.165, 1.54) is 0 Å². The van der Waals surface area contributed by atoms with Gasteiger partial charge in [0.25, 0.3) is 25.8 Å². The normalized spacial score (nSPS) is 22.5. The van der Waals surface area contributed by atoms with Crippen molar-refractivity contribution in [1.29, 1.82) is 0 Å². The van der Waals surface area contributed by atoms with Gasteiger partial charge in [-0.05, 0) is 6.42 Å². The first-order chi connectivity index (χ1) is 15.7. The van der Waals surface area contributed by atoms with Gasteiger partial charge in [0.1, 0.15) is 19.3 Å². The molecule has 1 aliphatic heterocycles. The van der Waals surface area contributed by atoms with Crippen LogP contribution >= 0.6 is 0 Å². The average Bonchev–Trinajstić information content (AvgIpc) is 2.97. The molecule has 1 N–H and O–H groups in total. The van der Waals surface area contributed by atoms with E-state index in [-0.39, 0.29) is 6.61 Å². The van der Waals surface area contributed by atoms with Crippen molar-refractivity contribution in [2.75, 3.05) is 32.3 Å². The van der Waals surface area contributed by atoms with Crippen molar-refractivity contribution < 1.29 is 44.2 Å². The van der Waals surface area contributed by atoms with Gasteiger partial charge < -0.3 is 14.2 Å². The molecule has 2 rings (SSSR count). The number of ether oxygens (including phenoxy) is 3. The van der Waals surface area contributed by atoms with Crippen LogP contribution < -0.4 is 11.2 Å². The third-order valence-electron chi connectivity index (χ3n) is 4.71. The van der Waals surface area contributed by atoms with E-state index in [2.05, 4.69) is 0 Å². The van der Waals surface area contributed by atoms with E-state index >= 15 is 0 Å². The Balaban J connectivity index is 2.65. The molecule has 2 heterocycles. The lowest BCUT2D eigenvalue weighted by molar-refractivity contribution is -0.158. The van der Waals surface area contributed by atoms with Gasteiger partial charge in [-0.1, -0.05) is 13.3 Å². The minimum Gasteiger partial charge on any atom is -0.455 e. The number of esters is 1. The van der Waals surface area contributed by atoms with Gasteiger partial charge in [0.2, 0.25) is 0 Å². The van der Waals surface area contributed by atoms with E-state index in [4.69, 9.17) is 22.6 Å². The Morgan fingerprint density at radius 2 is 1.74 bits per heavy atom. The van der Waals surface area contributed by atoms with Gasteiger partial charge in [-0.25, -0.2) is 4.79 Å². The van der Waals surface area contributed by atoms with Crippen LogP contribution in [0.2, 0.25) is 0 Å². The second-order valence-electron chi connectivity index (χ2n) is 7.74. The largest absolute Gasteiger partial charge is 0.455 e. The molecule has 1 saturated heterocycles. The molecule has 3 atom stereocenters. The highest BCUT2D eigenvalue weighted by Crippen LogP contribution is 2.41. The molecule has 34 heavy (non-hydrogen) atoms. The summed E-state index contributed by atoms with van der Waals surface area (Å²) in [6.45, 7) is 1.49. The number of hydrogen-bond acceptors (Lipinski definition) is 12. The van der Waals surface area contributed by atoms with E-state index < -0.39 is 74.7 Å². The maximum absolute atomic E-state index is 12.5. The molecule has 0 bridgehead atoms. The van der Waals surface area contributed by atoms with Gasteiger partial charge in [-0.3, -0.25) is 27.5 Å². The number of hydrogen-bond donors (Lipinski definition) is 1. The van der Waals surface area contributed by atoms with Crippen molar-refractivity contribution in [2.24, 2.45) is 0 Å². The highest BCUT2D eigenvalue weighted by Gasteiger charge is 2.60. The molecule has 0 saturated carbocycles. The van der Waals surface area contributed by atoms with E-state index in [1.54, 1.807) is 0 Å². The van der Waals surface area contributed by atoms with Gasteiger partial charge in [0.15, 0.2) is 17.9 Å². The molecular weight excluding hydrogens is 500 g/mol. The van der Waals surface area contributed by atoms with Crippen LogP contribution in [0.5, 0.6) is 0 Å². The van der Waals surface area contributed by atoms with Crippen LogP contribution in [0.4, 0.5) is 0 Å². The topological polar surface area (TPSA) is 186 Å². The molecule has 14 nitrogen and oxygen atoms in total. The first-order valence-electron chi connectivity index (χ1n) is 10.1. The summed E-state index contributed by atoms with van der Waals surface area (Å²) in [7, 11) is -8.11. The van der Waals surface area contributed by atoms with Crippen LogP contribution in [0.1, 0.15) is 32.9 Å². The Bertz CT molecular complexity index is 1150. The van der Waals surface area contributed by atoms with Crippen molar-refractivity contribution in [1.82, 2.24) is 9.55 Å². The lowest BCUT2D eigenvalue weighted by Crippen LogP contribution is -2.53. The lowest BCUT2D eigenvalue weighted by atomic mass is 9.96. The quantitative estimate of drug-likeness (QED) is 0.196. The minimum atomic E-state index is -4.05. The highest BCUT2D eigenvalue weighted by molar-refractivity contribution is 7.86. The summed E-state index contributed by atoms with van der Waals surface area (Å²) >= 11 is 0. The zero-order valence-electron chi connectivity index (χ0n) is 19.1. The maximum atomic E-state index is 12.5. The Hall–Kier alpha value is -2.11. The average molecular weight is 529 g/mol. The van der Waals surface area contributed by atoms with Crippen LogP contribution in [-0.4, -0.2) is 82.5 Å². The van der Waals surface area contributed by atoms with Crippen LogP contribution in [0.15, 0.2) is 21.9 Å². The lowest BCUT2D eigenvalue weighted by Gasteiger charge is -2.33. The Morgan fingerprint density at radius 3 is 2.21 bits per heavy atom. The van der Waals surface area contributed by atoms with Gasteiger partial charge in [0, 0.05) is 25.8 Å². The SMILES string of the molecule is CCCCO[C@@H]1C(OC(C)=O)[C@H](n2ccc(=O)[nH]c2=O)OC1(COS(C)(=O)=O)COS(C)(=O)=O. The molecular formula is C18H28N2O12S2. The van der Waals surface area contributed by atoms with Crippen molar-refractivity contribution in [3.8, 4) is 0 Å². The molecule has 1 aromatic heterocycles. The fourth-order valence-corrected chi connectivity index (χ4v) is 4.09. The maximum Gasteiger partial charge on any atom is 0.330 e. The van der Waals surface area contributed by atoms with Gasteiger partial charge in [-0.2, -0.15) is 16.8 Å². The van der Waals surface area contributed by atoms with E-state index in [9.17, 15) is 31.2 Å². The minimum absolute atomic E-state index is 0.0923. The molecule has 16 heteroatoms. The van der Waals surface area contributed by atoms with E-state index in [1.807, 2.05) is 11.9 Å². The predicted octanol–water partition coefficient (Wildman–Crippen LogP) is -1.13. The fraction of sp³-hybridized carbons (Fsp3) is 0.722. The number of carbonyl (C=O) groups is 1. The summed E-state index contributed by atoms with van der Waals surface area (Å²) in [6, 6.07) is 1.02. The number of aromatic nitrogens is 2. The monoisotopic (exact) mass is 528 g/mol. The summed E-state index contributed by atoms with van der Waals surface area (Å²) in [5.41, 5.74) is -3.59. The van der Waals surface area contributed by atoms with Crippen LogP contribution in [0, 0.1) is 0 Å². The smallest absolute Gasteiger partial charge is 0.330 e. The van der Waals surface area contributed by atoms with E-state index in [0.717, 1.165) is 36.3 Å². The summed E-state index contributed by atoms with van der Waals surface area (Å²) < 4.78 is 74.9. The van der Waals surface area contributed by atoms with Crippen molar-refractivity contribution in [3.63, 3.8) is 0 Å². The van der Waals surface area contributed by atoms with E-state index in [0.29, 0.717) is 12.8 Å². The molecule has 194 valence electrons. The third-order valence-corrected chi connectivity index (χ3v) is 5.80. The molecule has 0 amide bonds. The standard InChI is InChI=1S/C18H28N2O12S2/c1-5-6-9-28-15-14(31-12(2)21)16(20-8-7-13(22)19-17(20)23)32-18(15,10-29-33(3,24)25)11-30-34(4,26)27/h7-8,14-16H,5-6,9-11H2,1-4H3,(H,19,22,23)/t14?,15-,16-/m1/s1. The molecule has 1 unspecified atom stereocenters. The van der Waals surface area contributed by atoms with Gasteiger partial charge in [-0.15, -0.1) is 0 Å². The number of nitrogens with zero attached hydrogens (tertiary/aromatic N) is 1. The first-order valence-corrected chi connectivity index (χ1v) is 13.8. The van der Waals surface area contributed by atoms with Crippen molar-refractivity contribution >= 4 is 26.2 Å². The number of carbonyl (C=O) groups excluding carboxylic acids is 1. The summed E-state index contributed by atoms with van der Waals surface area (Å²) in [5.74, 6) is -0.788. The summed E-state index contributed by atoms with van der Waals surface area (Å²) in [5, 5.41) is 0. The molecule has 0 aliphatic carbocycles. The summed E-state index contributed by atoms with van der Waals surface area (Å²) in [6.07, 6.45) is -0.271. The van der Waals surface area contributed by atoms with Gasteiger partial charge in [0.05, 0.1) is 12.5 Å². The number of rotatable bonds is 12. The Morgan fingerprint density at radius 1 is 1.15 bits per heavy atom. The molecule has 1 fully saturated rings. The second kappa shape index (κ2) is 11.1. The van der Waals surface area contributed by atoms with Crippen LogP contribution in [0.25, 0.3) is 0 Å². The fourth-order valence-electron chi connectivity index (χ4n) is 3.27. The number of unbranched alkanes of at least 4 members (excludes halogenated alkanes) is 1. The first kappa shape index (κ1) is 28.1. The van der Waals surface area contributed by atoms with Crippen LogP contribution in [-0.2, 0) is 47.6 Å². The Kier molecular flexibility index (Phi) is 9.17. The molecule has 1 aliphatic rings. The molecule has 0 radical (unpaired) electrons. The molecule has 0 spiro atoms.